The molecule has 0 saturated carbocycles. The smallest absolute Gasteiger partial charge is 0.264 e. The highest BCUT2D eigenvalue weighted by Crippen LogP contribution is 2.34. The molecule has 1 atom stereocenters. The molecule has 1 N–H and O–H groups in total. The molecule has 0 spiro atoms. The van der Waals surface area contributed by atoms with E-state index in [1.165, 1.54) is 24.1 Å². The number of benzene rings is 4. The summed E-state index contributed by atoms with van der Waals surface area (Å²) in [7, 11) is -2.80. The molecule has 2 amide bonds. The van der Waals surface area contributed by atoms with Crippen LogP contribution >= 0.6 is 0 Å². The zero-order valence-electron chi connectivity index (χ0n) is 28.3. The summed E-state index contributed by atoms with van der Waals surface area (Å²) in [5, 5.41) is 3.06. The standard InChI is InChI=1S/C38H45N3O5S/c1-27-17-20-32(21-18-27)47(44,45)41(33-23-28(2)19-22-35(33)46-7)26-36(42)40(25-31-16-12-11-13-29(31)3)34(37(43)39-38(4,5)6)24-30-14-9-8-10-15-30/h8-23,34H,24-26H2,1-7H3,(H,39,43)/t34-/m0/s1. The minimum atomic E-state index is -4.26. The summed E-state index contributed by atoms with van der Waals surface area (Å²) in [6.07, 6.45) is 0.235. The quantitative estimate of drug-likeness (QED) is 0.191. The Morgan fingerprint density at radius 1 is 0.830 bits per heavy atom. The maximum absolute atomic E-state index is 14.8. The highest BCUT2D eigenvalue weighted by atomic mass is 32.2. The van der Waals surface area contributed by atoms with Crippen LogP contribution in [0, 0.1) is 20.8 Å². The number of anilines is 1. The van der Waals surface area contributed by atoms with E-state index in [1.54, 1.807) is 24.3 Å². The fourth-order valence-electron chi connectivity index (χ4n) is 5.32. The van der Waals surface area contributed by atoms with Gasteiger partial charge in [0, 0.05) is 18.5 Å². The third-order valence-corrected chi connectivity index (χ3v) is 9.64. The van der Waals surface area contributed by atoms with Gasteiger partial charge >= 0.3 is 0 Å². The van der Waals surface area contributed by atoms with Gasteiger partial charge in [-0.1, -0.05) is 78.4 Å². The number of rotatable bonds is 12. The van der Waals surface area contributed by atoms with Crippen molar-refractivity contribution in [2.24, 2.45) is 0 Å². The summed E-state index contributed by atoms with van der Waals surface area (Å²) in [5.41, 5.74) is 4.02. The number of nitrogens with one attached hydrogen (secondary N) is 1. The molecule has 0 aliphatic rings. The van der Waals surface area contributed by atoms with Crippen molar-refractivity contribution in [2.45, 2.75) is 71.0 Å². The van der Waals surface area contributed by atoms with Crippen molar-refractivity contribution in [1.82, 2.24) is 10.2 Å². The minimum absolute atomic E-state index is 0.0382. The molecule has 0 aliphatic carbocycles. The van der Waals surface area contributed by atoms with Gasteiger partial charge in [-0.05, 0) is 88.1 Å². The number of nitrogens with zero attached hydrogens (tertiary/aromatic N) is 2. The molecule has 0 fully saturated rings. The lowest BCUT2D eigenvalue weighted by molar-refractivity contribution is -0.140. The predicted octanol–water partition coefficient (Wildman–Crippen LogP) is 6.37. The molecule has 4 aromatic rings. The predicted molar refractivity (Wildman–Crippen MR) is 187 cm³/mol. The van der Waals surface area contributed by atoms with E-state index in [-0.39, 0.29) is 29.5 Å². The first kappa shape index (κ1) is 35.2. The molecule has 0 radical (unpaired) electrons. The molecule has 248 valence electrons. The Kier molecular flexibility index (Phi) is 11.1. The maximum atomic E-state index is 14.8. The number of amides is 2. The number of hydrogen-bond donors (Lipinski definition) is 1. The number of aryl methyl sites for hydroxylation is 3. The third kappa shape index (κ3) is 9.01. The van der Waals surface area contributed by atoms with Crippen molar-refractivity contribution in [2.75, 3.05) is 18.0 Å². The minimum Gasteiger partial charge on any atom is -0.495 e. The number of carbonyl (C=O) groups is 2. The van der Waals surface area contributed by atoms with Crippen LogP contribution in [0.4, 0.5) is 5.69 Å². The number of methoxy groups -OCH3 is 1. The van der Waals surface area contributed by atoms with E-state index in [0.717, 1.165) is 32.1 Å². The SMILES string of the molecule is COc1ccc(C)cc1N(CC(=O)N(Cc1ccccc1C)[C@@H](Cc1ccccc1)C(=O)NC(C)(C)C)S(=O)(=O)c1ccc(C)cc1. The van der Waals surface area contributed by atoms with E-state index in [2.05, 4.69) is 5.32 Å². The molecule has 4 aromatic carbocycles. The lowest BCUT2D eigenvalue weighted by Gasteiger charge is -2.35. The molecular weight excluding hydrogens is 611 g/mol. The average Bonchev–Trinajstić information content (AvgIpc) is 3.02. The van der Waals surface area contributed by atoms with Gasteiger partial charge < -0.3 is 15.0 Å². The number of sulfonamides is 1. The summed E-state index contributed by atoms with van der Waals surface area (Å²) in [4.78, 5) is 30.4. The fraction of sp³-hybridized carbons (Fsp3) is 0.316. The number of carbonyl (C=O) groups excluding carboxylic acids is 2. The number of ether oxygens (including phenoxy) is 1. The zero-order valence-corrected chi connectivity index (χ0v) is 29.1. The second-order valence-electron chi connectivity index (χ2n) is 12.9. The topological polar surface area (TPSA) is 96.0 Å². The van der Waals surface area contributed by atoms with Crippen molar-refractivity contribution in [3.8, 4) is 5.75 Å². The Labute approximate surface area is 279 Å². The molecule has 0 bridgehead atoms. The van der Waals surface area contributed by atoms with Crippen LogP contribution in [-0.4, -0.2) is 50.4 Å². The maximum Gasteiger partial charge on any atom is 0.264 e. The van der Waals surface area contributed by atoms with Crippen LogP contribution < -0.4 is 14.4 Å². The average molecular weight is 656 g/mol. The van der Waals surface area contributed by atoms with Gasteiger partial charge in [0.15, 0.2) is 0 Å². The van der Waals surface area contributed by atoms with Crippen LogP contribution in [0.2, 0.25) is 0 Å². The normalized spacial score (nSPS) is 12.2. The monoisotopic (exact) mass is 655 g/mol. The second-order valence-corrected chi connectivity index (χ2v) is 14.8. The molecule has 8 nitrogen and oxygen atoms in total. The molecule has 0 aliphatic heterocycles. The Morgan fingerprint density at radius 2 is 1.45 bits per heavy atom. The van der Waals surface area contributed by atoms with Gasteiger partial charge in [0.25, 0.3) is 10.0 Å². The van der Waals surface area contributed by atoms with E-state index in [9.17, 15) is 18.0 Å². The molecular formula is C38H45N3O5S. The molecule has 4 rings (SSSR count). The van der Waals surface area contributed by atoms with Gasteiger partial charge in [-0.2, -0.15) is 0 Å². The summed E-state index contributed by atoms with van der Waals surface area (Å²) in [6.45, 7) is 10.9. The Hall–Kier alpha value is -4.63. The summed E-state index contributed by atoms with van der Waals surface area (Å²) in [6, 6.07) is 27.9. The van der Waals surface area contributed by atoms with E-state index in [0.29, 0.717) is 5.75 Å². The second kappa shape index (κ2) is 14.9. The molecule has 9 heteroatoms. The highest BCUT2D eigenvalue weighted by Gasteiger charge is 2.36. The van der Waals surface area contributed by atoms with Crippen LogP contribution in [0.1, 0.15) is 48.6 Å². The van der Waals surface area contributed by atoms with Crippen LogP contribution in [-0.2, 0) is 32.6 Å². The van der Waals surface area contributed by atoms with Crippen LogP contribution in [0.3, 0.4) is 0 Å². The molecule has 47 heavy (non-hydrogen) atoms. The first-order valence-corrected chi connectivity index (χ1v) is 17.1. The summed E-state index contributed by atoms with van der Waals surface area (Å²) in [5.74, 6) is -0.558. The van der Waals surface area contributed by atoms with Crippen molar-refractivity contribution in [3.05, 3.63) is 125 Å². The van der Waals surface area contributed by atoms with Gasteiger partial charge in [0.1, 0.15) is 18.3 Å². The molecule has 0 aromatic heterocycles. The summed E-state index contributed by atoms with van der Waals surface area (Å²) >= 11 is 0. The zero-order chi connectivity index (χ0) is 34.4. The number of hydrogen-bond acceptors (Lipinski definition) is 5. The van der Waals surface area contributed by atoms with Crippen molar-refractivity contribution in [3.63, 3.8) is 0 Å². The Balaban J connectivity index is 1.88. The van der Waals surface area contributed by atoms with Gasteiger partial charge in [-0.15, -0.1) is 0 Å². The van der Waals surface area contributed by atoms with Crippen LogP contribution in [0.25, 0.3) is 0 Å². The van der Waals surface area contributed by atoms with Gasteiger partial charge in [-0.3, -0.25) is 13.9 Å². The van der Waals surface area contributed by atoms with E-state index in [1.807, 2.05) is 102 Å². The fourth-order valence-corrected chi connectivity index (χ4v) is 6.74. The first-order chi connectivity index (χ1) is 22.2. The summed E-state index contributed by atoms with van der Waals surface area (Å²) < 4.78 is 35.5. The van der Waals surface area contributed by atoms with Crippen molar-refractivity contribution in [1.29, 1.82) is 0 Å². The van der Waals surface area contributed by atoms with Crippen molar-refractivity contribution >= 4 is 27.5 Å². The van der Waals surface area contributed by atoms with Crippen LogP contribution in [0.5, 0.6) is 5.75 Å². The lowest BCUT2D eigenvalue weighted by Crippen LogP contribution is -2.56. The van der Waals surface area contributed by atoms with Crippen LogP contribution in [0.15, 0.2) is 102 Å². The van der Waals surface area contributed by atoms with Gasteiger partial charge in [0.05, 0.1) is 17.7 Å². The lowest BCUT2D eigenvalue weighted by atomic mass is 10.00. The van der Waals surface area contributed by atoms with Gasteiger partial charge in [-0.25, -0.2) is 8.42 Å². The highest BCUT2D eigenvalue weighted by molar-refractivity contribution is 7.92. The Morgan fingerprint density at radius 3 is 2.06 bits per heavy atom. The van der Waals surface area contributed by atoms with Gasteiger partial charge in [0.2, 0.25) is 11.8 Å². The molecule has 0 unspecified atom stereocenters. The largest absolute Gasteiger partial charge is 0.495 e. The van der Waals surface area contributed by atoms with E-state index < -0.39 is 34.1 Å². The van der Waals surface area contributed by atoms with E-state index in [4.69, 9.17) is 4.74 Å². The molecule has 0 saturated heterocycles. The van der Waals surface area contributed by atoms with Crippen molar-refractivity contribution < 1.29 is 22.7 Å². The molecule has 0 heterocycles. The Bertz CT molecular complexity index is 1800. The van der Waals surface area contributed by atoms with E-state index >= 15 is 0 Å². The first-order valence-electron chi connectivity index (χ1n) is 15.6. The third-order valence-electron chi connectivity index (χ3n) is 7.86.